The number of hydrogen-bond donors (Lipinski definition) is 2. The fraction of sp³-hybridized carbons (Fsp3) is 0.933. The minimum Gasteiger partial charge on any atom is -0.481 e. The van der Waals surface area contributed by atoms with Crippen LogP contribution in [0.3, 0.4) is 0 Å². The lowest BCUT2D eigenvalue weighted by Crippen LogP contribution is -1.93. The molecule has 0 saturated heterocycles. The fourth-order valence-electron chi connectivity index (χ4n) is 1.66. The van der Waals surface area contributed by atoms with Crippen molar-refractivity contribution in [2.24, 2.45) is 0 Å². The van der Waals surface area contributed by atoms with Crippen LogP contribution in [0.25, 0.3) is 0 Å². The van der Waals surface area contributed by atoms with Gasteiger partial charge in [0, 0.05) is 5.75 Å². The minimum absolute atomic E-state index is 0.156. The van der Waals surface area contributed by atoms with Crippen molar-refractivity contribution in [2.75, 3.05) is 5.75 Å². The van der Waals surface area contributed by atoms with E-state index in [1.807, 2.05) is 0 Å². The monoisotopic (exact) mass is 276 g/mol. The van der Waals surface area contributed by atoms with Crippen molar-refractivity contribution in [3.8, 4) is 0 Å². The fourth-order valence-corrected chi connectivity index (χ4v) is 1.85. The van der Waals surface area contributed by atoms with Gasteiger partial charge in [0.1, 0.15) is 0 Å². The van der Waals surface area contributed by atoms with Gasteiger partial charge in [-0.05, 0) is 0 Å². The molecule has 0 saturated carbocycles. The van der Waals surface area contributed by atoms with Crippen molar-refractivity contribution in [2.45, 2.75) is 84.5 Å². The SMILES string of the molecule is CCCCCCCCCCCC.O=C(O)CCS. The van der Waals surface area contributed by atoms with Crippen LogP contribution in [0.1, 0.15) is 84.5 Å². The number of thiol groups is 1. The molecule has 0 aliphatic rings. The van der Waals surface area contributed by atoms with Gasteiger partial charge in [-0.25, -0.2) is 0 Å². The van der Waals surface area contributed by atoms with E-state index in [0.717, 1.165) is 0 Å². The van der Waals surface area contributed by atoms with Gasteiger partial charge in [-0.15, -0.1) is 0 Å². The van der Waals surface area contributed by atoms with Gasteiger partial charge in [-0.2, -0.15) is 12.6 Å². The summed E-state index contributed by atoms with van der Waals surface area (Å²) in [7, 11) is 0. The molecule has 18 heavy (non-hydrogen) atoms. The van der Waals surface area contributed by atoms with Gasteiger partial charge in [0.2, 0.25) is 0 Å². The van der Waals surface area contributed by atoms with Crippen molar-refractivity contribution < 1.29 is 9.90 Å². The van der Waals surface area contributed by atoms with E-state index in [2.05, 4.69) is 26.5 Å². The molecule has 0 aliphatic carbocycles. The zero-order valence-corrected chi connectivity index (χ0v) is 13.2. The molecular weight excluding hydrogens is 244 g/mol. The summed E-state index contributed by atoms with van der Waals surface area (Å²) in [6.07, 6.45) is 14.6. The highest BCUT2D eigenvalue weighted by molar-refractivity contribution is 7.80. The van der Waals surface area contributed by atoms with Gasteiger partial charge in [-0.1, -0.05) is 78.1 Å². The second kappa shape index (κ2) is 19.2. The standard InChI is InChI=1S/C12H26.C3H6O2S/c1-3-5-7-9-11-12-10-8-6-4-2;4-3(5)1-2-6/h3-12H2,1-2H3;6H,1-2H2,(H,4,5). The molecule has 0 aliphatic heterocycles. The second-order valence-corrected chi connectivity index (χ2v) is 5.14. The Morgan fingerprint density at radius 2 is 1.17 bits per heavy atom. The predicted octanol–water partition coefficient (Wildman–Crippen LogP) is 5.32. The zero-order chi connectivity index (χ0) is 14.1. The third kappa shape index (κ3) is 24.9. The van der Waals surface area contributed by atoms with Crippen LogP contribution in [0.4, 0.5) is 0 Å². The molecule has 0 heterocycles. The number of carbonyl (C=O) groups is 1. The quantitative estimate of drug-likeness (QED) is 0.396. The Balaban J connectivity index is 0. The summed E-state index contributed by atoms with van der Waals surface area (Å²) in [6, 6.07) is 0. The highest BCUT2D eigenvalue weighted by Crippen LogP contribution is 2.09. The average molecular weight is 276 g/mol. The summed E-state index contributed by atoms with van der Waals surface area (Å²) in [4.78, 5) is 9.55. The van der Waals surface area contributed by atoms with E-state index in [4.69, 9.17) is 5.11 Å². The average Bonchev–Trinajstić information content (AvgIpc) is 2.33. The molecule has 0 spiro atoms. The summed E-state index contributed by atoms with van der Waals surface area (Å²) in [5.74, 6) is -0.361. The molecule has 0 fully saturated rings. The molecule has 0 unspecified atom stereocenters. The molecule has 0 aromatic carbocycles. The Bertz CT molecular complexity index is 151. The predicted molar refractivity (Wildman–Crippen MR) is 83.6 cm³/mol. The van der Waals surface area contributed by atoms with E-state index in [-0.39, 0.29) is 6.42 Å². The van der Waals surface area contributed by atoms with Gasteiger partial charge >= 0.3 is 5.97 Å². The molecule has 0 atom stereocenters. The molecule has 3 heteroatoms. The van der Waals surface area contributed by atoms with Crippen molar-refractivity contribution in [1.29, 1.82) is 0 Å². The first-order valence-corrected chi connectivity index (χ1v) is 8.14. The van der Waals surface area contributed by atoms with Crippen LogP contribution >= 0.6 is 12.6 Å². The number of carboxylic acid groups (broad SMARTS) is 1. The number of hydrogen-bond acceptors (Lipinski definition) is 2. The van der Waals surface area contributed by atoms with E-state index < -0.39 is 5.97 Å². The number of carboxylic acids is 1. The van der Waals surface area contributed by atoms with Gasteiger partial charge in [0.15, 0.2) is 0 Å². The molecule has 2 nitrogen and oxygen atoms in total. The van der Waals surface area contributed by atoms with Crippen LogP contribution in [0.15, 0.2) is 0 Å². The maximum Gasteiger partial charge on any atom is 0.304 e. The van der Waals surface area contributed by atoms with Crippen LogP contribution in [0.5, 0.6) is 0 Å². The third-order valence-corrected chi connectivity index (χ3v) is 3.01. The summed E-state index contributed by atoms with van der Waals surface area (Å²) < 4.78 is 0. The van der Waals surface area contributed by atoms with Crippen molar-refractivity contribution in [3.05, 3.63) is 0 Å². The smallest absolute Gasteiger partial charge is 0.304 e. The molecule has 0 aromatic rings. The number of aliphatic carboxylic acids is 1. The Kier molecular flexibility index (Phi) is 21.4. The summed E-state index contributed by atoms with van der Waals surface area (Å²) in [5.41, 5.74) is 0. The molecule has 110 valence electrons. The highest BCUT2D eigenvalue weighted by Gasteiger charge is 1.90. The molecule has 0 bridgehead atoms. The largest absolute Gasteiger partial charge is 0.481 e. The molecule has 0 radical (unpaired) electrons. The van der Waals surface area contributed by atoms with Gasteiger partial charge in [0.25, 0.3) is 0 Å². The topological polar surface area (TPSA) is 37.3 Å². The molecule has 1 N–H and O–H groups in total. The maximum absolute atomic E-state index is 9.55. The maximum atomic E-state index is 9.55. The lowest BCUT2D eigenvalue weighted by molar-refractivity contribution is -0.136. The van der Waals surface area contributed by atoms with E-state index in [0.29, 0.717) is 5.75 Å². The van der Waals surface area contributed by atoms with E-state index >= 15 is 0 Å². The first-order valence-electron chi connectivity index (χ1n) is 7.51. The molecular formula is C15H32O2S. The van der Waals surface area contributed by atoms with E-state index in [1.165, 1.54) is 64.2 Å². The first kappa shape index (κ1) is 20.1. The van der Waals surface area contributed by atoms with Crippen molar-refractivity contribution in [3.63, 3.8) is 0 Å². The second-order valence-electron chi connectivity index (χ2n) is 4.70. The first-order chi connectivity index (χ1) is 8.68. The normalized spacial score (nSPS) is 9.72. The van der Waals surface area contributed by atoms with Crippen molar-refractivity contribution >= 4 is 18.6 Å². The Hall–Kier alpha value is -0.180. The van der Waals surface area contributed by atoms with Crippen LogP contribution in [-0.2, 0) is 4.79 Å². The Morgan fingerprint density at radius 1 is 0.833 bits per heavy atom. The van der Waals surface area contributed by atoms with Crippen LogP contribution in [0, 0.1) is 0 Å². The molecule has 0 rings (SSSR count). The molecule has 0 amide bonds. The van der Waals surface area contributed by atoms with Gasteiger partial charge in [0.05, 0.1) is 6.42 Å². The van der Waals surface area contributed by atoms with Gasteiger partial charge < -0.3 is 5.11 Å². The molecule has 0 aromatic heterocycles. The summed E-state index contributed by atoms with van der Waals surface area (Å²) in [6.45, 7) is 4.56. The lowest BCUT2D eigenvalue weighted by atomic mass is 10.1. The third-order valence-electron chi connectivity index (χ3n) is 2.78. The van der Waals surface area contributed by atoms with Crippen LogP contribution in [-0.4, -0.2) is 16.8 Å². The number of rotatable bonds is 11. The van der Waals surface area contributed by atoms with E-state index in [9.17, 15) is 4.79 Å². The lowest BCUT2D eigenvalue weighted by Gasteiger charge is -1.99. The minimum atomic E-state index is -0.787. The Labute approximate surface area is 119 Å². The van der Waals surface area contributed by atoms with Crippen LogP contribution < -0.4 is 0 Å². The van der Waals surface area contributed by atoms with Crippen LogP contribution in [0.2, 0.25) is 0 Å². The van der Waals surface area contributed by atoms with Gasteiger partial charge in [-0.3, -0.25) is 4.79 Å². The van der Waals surface area contributed by atoms with E-state index in [1.54, 1.807) is 0 Å². The summed E-state index contributed by atoms with van der Waals surface area (Å²) >= 11 is 3.68. The van der Waals surface area contributed by atoms with Crippen molar-refractivity contribution in [1.82, 2.24) is 0 Å². The Morgan fingerprint density at radius 3 is 1.33 bits per heavy atom. The highest BCUT2D eigenvalue weighted by atomic mass is 32.1. The zero-order valence-electron chi connectivity index (χ0n) is 12.3. The number of unbranched alkanes of at least 4 members (excludes halogenated alkanes) is 9. The summed E-state index contributed by atoms with van der Waals surface area (Å²) in [5, 5.41) is 7.86.